The van der Waals surface area contributed by atoms with Crippen molar-refractivity contribution in [2.75, 3.05) is 6.61 Å². The Balaban J connectivity index is 1.68. The Morgan fingerprint density at radius 2 is 2.29 bits per heavy atom. The van der Waals surface area contributed by atoms with Gasteiger partial charge in [-0.1, -0.05) is 34.1 Å². The second-order valence-corrected chi connectivity index (χ2v) is 6.24. The Bertz CT molecular complexity index is 693. The van der Waals surface area contributed by atoms with Crippen LogP contribution in [0.1, 0.15) is 12.0 Å². The Morgan fingerprint density at radius 3 is 3.05 bits per heavy atom. The number of hydrogen-bond donors (Lipinski definition) is 3. The molecule has 3 N–H and O–H groups in total. The number of aliphatic hydroxyl groups is 1. The molecule has 3 rings (SSSR count). The molecule has 4 nitrogen and oxygen atoms in total. The molecule has 1 heterocycles. The molecule has 0 unspecified atom stereocenters. The molecule has 110 valence electrons. The van der Waals surface area contributed by atoms with E-state index in [9.17, 15) is 4.79 Å². The van der Waals surface area contributed by atoms with Crippen molar-refractivity contribution in [3.8, 4) is 0 Å². The molecular weight excluding hydrogens is 332 g/mol. The van der Waals surface area contributed by atoms with E-state index in [1.165, 1.54) is 0 Å². The molecule has 0 spiro atoms. The number of H-pyrrole nitrogens is 1. The first-order valence-corrected chi connectivity index (χ1v) is 7.79. The number of nitrogens with one attached hydrogen (secondary N) is 2. The number of aliphatic hydroxyl groups excluding tert-OH is 1. The van der Waals surface area contributed by atoms with Crippen LogP contribution in [0, 0.1) is 5.92 Å². The van der Waals surface area contributed by atoms with Gasteiger partial charge < -0.3 is 15.4 Å². The zero-order chi connectivity index (χ0) is 14.8. The number of amides is 1. The van der Waals surface area contributed by atoms with Crippen LogP contribution in [-0.4, -0.2) is 28.6 Å². The average molecular weight is 349 g/mol. The molecule has 1 amide bonds. The summed E-state index contributed by atoms with van der Waals surface area (Å²) in [6, 6.07) is 5.96. The molecule has 1 aliphatic carbocycles. The van der Waals surface area contributed by atoms with E-state index in [-0.39, 0.29) is 24.5 Å². The minimum atomic E-state index is -0.0000992. The van der Waals surface area contributed by atoms with Gasteiger partial charge in [-0.15, -0.1) is 0 Å². The van der Waals surface area contributed by atoms with E-state index in [1.54, 1.807) is 0 Å². The number of carbonyl (C=O) groups excluding carboxylic acids is 1. The van der Waals surface area contributed by atoms with E-state index in [0.29, 0.717) is 6.42 Å². The highest BCUT2D eigenvalue weighted by Crippen LogP contribution is 2.27. The smallest absolute Gasteiger partial charge is 0.224 e. The Kier molecular flexibility index (Phi) is 4.12. The summed E-state index contributed by atoms with van der Waals surface area (Å²) in [5.41, 5.74) is 2.00. The van der Waals surface area contributed by atoms with Gasteiger partial charge in [0.1, 0.15) is 0 Å². The van der Waals surface area contributed by atoms with Crippen molar-refractivity contribution in [2.45, 2.75) is 18.9 Å². The summed E-state index contributed by atoms with van der Waals surface area (Å²) >= 11 is 3.53. The summed E-state index contributed by atoms with van der Waals surface area (Å²) in [7, 11) is 0. The lowest BCUT2D eigenvalue weighted by Crippen LogP contribution is -2.34. The quantitative estimate of drug-likeness (QED) is 0.743. The predicted octanol–water partition coefficient (Wildman–Crippen LogP) is 2.53. The Morgan fingerprint density at radius 1 is 1.43 bits per heavy atom. The van der Waals surface area contributed by atoms with Gasteiger partial charge in [0.15, 0.2) is 0 Å². The van der Waals surface area contributed by atoms with Crippen molar-refractivity contribution in [1.82, 2.24) is 10.3 Å². The van der Waals surface area contributed by atoms with E-state index in [4.69, 9.17) is 5.11 Å². The lowest BCUT2D eigenvalue weighted by molar-refractivity contribution is -0.120. The third-order valence-corrected chi connectivity index (χ3v) is 4.50. The minimum Gasteiger partial charge on any atom is -0.396 e. The highest BCUT2D eigenvalue weighted by atomic mass is 79.9. The third kappa shape index (κ3) is 3.04. The fourth-order valence-corrected chi connectivity index (χ4v) is 3.42. The monoisotopic (exact) mass is 348 g/mol. The van der Waals surface area contributed by atoms with E-state index in [0.717, 1.165) is 27.4 Å². The number of halogens is 1. The van der Waals surface area contributed by atoms with Gasteiger partial charge in [0.25, 0.3) is 0 Å². The average Bonchev–Trinajstić information content (AvgIpc) is 3.07. The van der Waals surface area contributed by atoms with Crippen LogP contribution in [-0.2, 0) is 11.2 Å². The first-order valence-electron chi connectivity index (χ1n) is 7.00. The third-order valence-electron chi connectivity index (χ3n) is 3.84. The second-order valence-electron chi connectivity index (χ2n) is 5.39. The lowest BCUT2D eigenvalue weighted by atomic mass is 10.1. The van der Waals surface area contributed by atoms with Crippen molar-refractivity contribution in [3.05, 3.63) is 46.6 Å². The summed E-state index contributed by atoms with van der Waals surface area (Å²) in [6.07, 6.45) is 6.93. The van der Waals surface area contributed by atoms with Crippen LogP contribution in [0.25, 0.3) is 10.9 Å². The van der Waals surface area contributed by atoms with Crippen molar-refractivity contribution in [3.63, 3.8) is 0 Å². The van der Waals surface area contributed by atoms with E-state index in [2.05, 4.69) is 26.2 Å². The molecular formula is C16H17BrN2O2. The molecule has 2 atom stereocenters. The van der Waals surface area contributed by atoms with Gasteiger partial charge >= 0.3 is 0 Å². The normalized spacial score (nSPS) is 21.0. The van der Waals surface area contributed by atoms with Gasteiger partial charge in [-0.2, -0.15) is 0 Å². The number of benzene rings is 1. The number of aromatic amines is 1. The van der Waals surface area contributed by atoms with Crippen LogP contribution in [0.4, 0.5) is 0 Å². The SMILES string of the molecule is O=C(Cc1c[nH]c2cccc(Br)c12)N[C@@H]1C=C[C@H](CO)C1. The fraction of sp³-hybridized carbons (Fsp3) is 0.312. The van der Waals surface area contributed by atoms with Crippen molar-refractivity contribution in [1.29, 1.82) is 0 Å². The van der Waals surface area contributed by atoms with E-state index < -0.39 is 0 Å². The molecule has 2 aromatic rings. The van der Waals surface area contributed by atoms with Gasteiger partial charge in [-0.05, 0) is 24.1 Å². The van der Waals surface area contributed by atoms with Crippen LogP contribution in [0.15, 0.2) is 41.0 Å². The van der Waals surface area contributed by atoms with Crippen molar-refractivity contribution in [2.24, 2.45) is 5.92 Å². The molecule has 5 heteroatoms. The maximum Gasteiger partial charge on any atom is 0.224 e. The largest absolute Gasteiger partial charge is 0.396 e. The molecule has 0 bridgehead atoms. The molecule has 0 radical (unpaired) electrons. The maximum atomic E-state index is 12.2. The molecule has 0 fully saturated rings. The van der Waals surface area contributed by atoms with Crippen LogP contribution < -0.4 is 5.32 Å². The van der Waals surface area contributed by atoms with Gasteiger partial charge in [0.05, 0.1) is 6.42 Å². The predicted molar refractivity (Wildman–Crippen MR) is 86.0 cm³/mol. The summed E-state index contributed by atoms with van der Waals surface area (Å²) in [4.78, 5) is 15.4. The maximum absolute atomic E-state index is 12.2. The summed E-state index contributed by atoms with van der Waals surface area (Å²) < 4.78 is 0.991. The molecule has 21 heavy (non-hydrogen) atoms. The zero-order valence-electron chi connectivity index (χ0n) is 11.5. The van der Waals surface area contributed by atoms with Gasteiger partial charge in [-0.25, -0.2) is 0 Å². The summed E-state index contributed by atoms with van der Waals surface area (Å²) in [5.74, 6) is 0.164. The minimum absolute atomic E-state index is 0.0000992. The number of hydrogen-bond acceptors (Lipinski definition) is 2. The standard InChI is InChI=1S/C16H17BrN2O2/c17-13-2-1-3-14-16(13)11(8-18-14)7-15(21)19-12-5-4-10(6-12)9-20/h1-5,8,10,12,18,20H,6-7,9H2,(H,19,21)/t10-,12+/m0/s1. The second kappa shape index (κ2) is 6.03. The number of rotatable bonds is 4. The van der Waals surface area contributed by atoms with Gasteiger partial charge in [0.2, 0.25) is 5.91 Å². The summed E-state index contributed by atoms with van der Waals surface area (Å²) in [6.45, 7) is 0.137. The van der Waals surface area contributed by atoms with Crippen molar-refractivity contribution < 1.29 is 9.90 Å². The van der Waals surface area contributed by atoms with E-state index in [1.807, 2.05) is 36.5 Å². The highest BCUT2D eigenvalue weighted by molar-refractivity contribution is 9.10. The molecule has 1 aromatic heterocycles. The molecule has 1 aromatic carbocycles. The number of aromatic nitrogens is 1. The van der Waals surface area contributed by atoms with Crippen LogP contribution in [0.2, 0.25) is 0 Å². The van der Waals surface area contributed by atoms with Crippen molar-refractivity contribution >= 4 is 32.7 Å². The number of fused-ring (bicyclic) bond motifs is 1. The van der Waals surface area contributed by atoms with Gasteiger partial charge in [-0.3, -0.25) is 4.79 Å². The van der Waals surface area contributed by atoms with E-state index >= 15 is 0 Å². The van der Waals surface area contributed by atoms with Gasteiger partial charge in [0, 0.05) is 40.1 Å². The molecule has 1 aliphatic rings. The summed E-state index contributed by atoms with van der Waals surface area (Å²) in [5, 5.41) is 13.2. The first kappa shape index (κ1) is 14.4. The zero-order valence-corrected chi connectivity index (χ0v) is 13.1. The molecule has 0 saturated heterocycles. The Hall–Kier alpha value is -1.59. The lowest BCUT2D eigenvalue weighted by Gasteiger charge is -2.12. The van der Waals surface area contributed by atoms with Crippen LogP contribution >= 0.6 is 15.9 Å². The fourth-order valence-electron chi connectivity index (χ4n) is 2.80. The molecule has 0 aliphatic heterocycles. The number of carbonyl (C=O) groups is 1. The van der Waals surface area contributed by atoms with Crippen LogP contribution in [0.3, 0.4) is 0 Å². The highest BCUT2D eigenvalue weighted by Gasteiger charge is 2.20. The Labute approximate surface area is 131 Å². The van der Waals surface area contributed by atoms with Crippen LogP contribution in [0.5, 0.6) is 0 Å². The topological polar surface area (TPSA) is 65.1 Å². The first-order chi connectivity index (χ1) is 10.2. The molecule has 0 saturated carbocycles.